The second-order valence-corrected chi connectivity index (χ2v) is 9.93. The Balaban J connectivity index is 1.54. The van der Waals surface area contributed by atoms with Crippen LogP contribution in [-0.2, 0) is 4.74 Å². The lowest BCUT2D eigenvalue weighted by atomic mass is 10.2. The molecule has 1 aromatic carbocycles. The first-order valence-corrected chi connectivity index (χ1v) is 12.3. The van der Waals surface area contributed by atoms with Gasteiger partial charge in [-0.05, 0) is 35.5 Å². The molecule has 0 saturated heterocycles. The number of nitrogens with zero attached hydrogens (tertiary/aromatic N) is 5. The summed E-state index contributed by atoms with van der Waals surface area (Å²) in [5, 5.41) is 14.4. The molecule has 0 saturated carbocycles. The van der Waals surface area contributed by atoms with Gasteiger partial charge in [0.15, 0.2) is 10.2 Å². The minimum atomic E-state index is 0.611. The SMILES string of the molecule is COCCNc1nnc(Sc2nc(-c3cccnc3)nc3sc(-c4ccccc4)cc23)s1. The summed E-state index contributed by atoms with van der Waals surface area (Å²) in [7, 11) is 1.67. The predicted molar refractivity (Wildman–Crippen MR) is 130 cm³/mol. The normalized spacial score (nSPS) is 11.2. The van der Waals surface area contributed by atoms with E-state index in [-0.39, 0.29) is 0 Å². The minimum Gasteiger partial charge on any atom is -0.383 e. The molecular weight excluding hydrogens is 460 g/mol. The third kappa shape index (κ3) is 4.63. The summed E-state index contributed by atoms with van der Waals surface area (Å²) in [4.78, 5) is 16.0. The summed E-state index contributed by atoms with van der Waals surface area (Å²) in [5.74, 6) is 0.650. The number of ether oxygens (including phenoxy) is 1. The summed E-state index contributed by atoms with van der Waals surface area (Å²) in [5.41, 5.74) is 2.04. The van der Waals surface area contributed by atoms with E-state index in [1.165, 1.54) is 23.1 Å². The first-order valence-electron chi connectivity index (χ1n) is 9.82. The lowest BCUT2D eigenvalue weighted by Crippen LogP contribution is -2.06. The summed E-state index contributed by atoms with van der Waals surface area (Å²) in [6.07, 6.45) is 3.53. The maximum atomic E-state index is 5.08. The van der Waals surface area contributed by atoms with E-state index in [1.807, 2.05) is 30.3 Å². The Bertz CT molecular complexity index is 1320. The predicted octanol–water partition coefficient (Wildman–Crippen LogP) is 5.48. The topological polar surface area (TPSA) is 85.7 Å². The molecule has 0 aliphatic heterocycles. The fourth-order valence-corrected chi connectivity index (χ4v) is 5.90. The van der Waals surface area contributed by atoms with Gasteiger partial charge >= 0.3 is 0 Å². The summed E-state index contributed by atoms with van der Waals surface area (Å²) in [6, 6.07) is 16.3. The number of benzene rings is 1. The third-order valence-electron chi connectivity index (χ3n) is 4.51. The average molecular weight is 479 g/mol. The molecule has 0 aliphatic rings. The van der Waals surface area contributed by atoms with Crippen LogP contribution in [0.4, 0.5) is 5.13 Å². The molecular formula is C22H18N6OS3. The van der Waals surface area contributed by atoms with Crippen LogP contribution in [-0.4, -0.2) is 45.4 Å². The van der Waals surface area contributed by atoms with Crippen molar-refractivity contribution in [2.24, 2.45) is 0 Å². The highest BCUT2D eigenvalue weighted by molar-refractivity contribution is 8.01. The minimum absolute atomic E-state index is 0.611. The fraction of sp³-hybridized carbons (Fsp3) is 0.136. The van der Waals surface area contributed by atoms with Crippen LogP contribution in [0.25, 0.3) is 32.0 Å². The van der Waals surface area contributed by atoms with Crippen molar-refractivity contribution in [2.75, 3.05) is 25.6 Å². The van der Waals surface area contributed by atoms with E-state index >= 15 is 0 Å². The molecule has 0 unspecified atom stereocenters. The highest BCUT2D eigenvalue weighted by Gasteiger charge is 2.17. The average Bonchev–Trinajstić information content (AvgIpc) is 3.47. The van der Waals surface area contributed by atoms with Gasteiger partial charge in [0.1, 0.15) is 9.86 Å². The molecule has 0 aliphatic carbocycles. The molecule has 0 radical (unpaired) electrons. The quantitative estimate of drug-likeness (QED) is 0.232. The maximum absolute atomic E-state index is 5.08. The van der Waals surface area contributed by atoms with Crippen LogP contribution >= 0.6 is 34.4 Å². The van der Waals surface area contributed by atoms with Crippen LogP contribution in [0.3, 0.4) is 0 Å². The van der Waals surface area contributed by atoms with Crippen LogP contribution in [0.15, 0.2) is 70.3 Å². The van der Waals surface area contributed by atoms with E-state index in [9.17, 15) is 0 Å². The molecule has 1 N–H and O–H groups in total. The molecule has 0 bridgehead atoms. The summed E-state index contributed by atoms with van der Waals surface area (Å²) < 4.78 is 5.89. The number of hydrogen-bond acceptors (Lipinski definition) is 10. The first kappa shape index (κ1) is 21.0. The largest absolute Gasteiger partial charge is 0.383 e. The summed E-state index contributed by atoms with van der Waals surface area (Å²) in [6.45, 7) is 1.30. The second-order valence-electron chi connectivity index (χ2n) is 6.68. The van der Waals surface area contributed by atoms with E-state index in [0.717, 1.165) is 40.7 Å². The van der Waals surface area contributed by atoms with Gasteiger partial charge in [0, 0.05) is 41.9 Å². The van der Waals surface area contributed by atoms with Gasteiger partial charge in [-0.3, -0.25) is 4.98 Å². The Labute approximate surface area is 197 Å². The van der Waals surface area contributed by atoms with Gasteiger partial charge in [-0.25, -0.2) is 9.97 Å². The standard InChI is InChI=1S/C22H18N6OS3/c1-29-11-10-24-21-27-28-22(32-21)31-20-16-12-17(14-6-3-2-4-7-14)30-19(16)25-18(26-20)15-8-5-9-23-13-15/h2-9,12-13H,10-11H2,1H3,(H,24,27). The number of pyridine rings is 1. The second kappa shape index (κ2) is 9.70. The van der Waals surface area contributed by atoms with Gasteiger partial charge in [0.2, 0.25) is 5.13 Å². The molecule has 160 valence electrons. The number of rotatable bonds is 8. The monoisotopic (exact) mass is 478 g/mol. The van der Waals surface area contributed by atoms with Crippen molar-refractivity contribution in [1.82, 2.24) is 25.1 Å². The van der Waals surface area contributed by atoms with Crippen molar-refractivity contribution in [3.63, 3.8) is 0 Å². The Kier molecular flexibility index (Phi) is 6.35. The molecule has 0 spiro atoms. The molecule has 32 heavy (non-hydrogen) atoms. The molecule has 7 nitrogen and oxygen atoms in total. The summed E-state index contributed by atoms with van der Waals surface area (Å²) >= 11 is 4.66. The zero-order valence-electron chi connectivity index (χ0n) is 17.1. The van der Waals surface area contributed by atoms with Crippen LogP contribution in [0.2, 0.25) is 0 Å². The molecule has 5 rings (SSSR count). The van der Waals surface area contributed by atoms with Crippen LogP contribution < -0.4 is 5.32 Å². The number of methoxy groups -OCH3 is 1. The first-order chi connectivity index (χ1) is 15.8. The molecule has 4 heterocycles. The van der Waals surface area contributed by atoms with E-state index in [0.29, 0.717) is 19.0 Å². The van der Waals surface area contributed by atoms with E-state index < -0.39 is 0 Å². The molecule has 0 amide bonds. The Morgan fingerprint density at radius 2 is 1.88 bits per heavy atom. The smallest absolute Gasteiger partial charge is 0.206 e. The lowest BCUT2D eigenvalue weighted by Gasteiger charge is -2.04. The molecule has 0 fully saturated rings. The number of hydrogen-bond donors (Lipinski definition) is 1. The molecule has 5 aromatic rings. The van der Waals surface area contributed by atoms with Crippen molar-refractivity contribution in [3.8, 4) is 21.8 Å². The van der Waals surface area contributed by atoms with Gasteiger partial charge < -0.3 is 10.1 Å². The van der Waals surface area contributed by atoms with Gasteiger partial charge in [0.05, 0.1) is 6.61 Å². The lowest BCUT2D eigenvalue weighted by molar-refractivity contribution is 0.211. The van der Waals surface area contributed by atoms with Crippen molar-refractivity contribution >= 4 is 49.8 Å². The van der Waals surface area contributed by atoms with Gasteiger partial charge in [-0.15, -0.1) is 21.5 Å². The maximum Gasteiger partial charge on any atom is 0.206 e. The highest BCUT2D eigenvalue weighted by atomic mass is 32.2. The van der Waals surface area contributed by atoms with Crippen molar-refractivity contribution in [2.45, 2.75) is 9.37 Å². The van der Waals surface area contributed by atoms with Crippen molar-refractivity contribution < 1.29 is 4.74 Å². The van der Waals surface area contributed by atoms with Crippen LogP contribution in [0.5, 0.6) is 0 Å². The zero-order valence-corrected chi connectivity index (χ0v) is 19.5. The Hall–Kier alpha value is -2.92. The number of nitrogens with one attached hydrogen (secondary N) is 1. The van der Waals surface area contributed by atoms with Crippen LogP contribution in [0, 0.1) is 0 Å². The van der Waals surface area contributed by atoms with Gasteiger partial charge in [0.25, 0.3) is 0 Å². The number of anilines is 1. The Morgan fingerprint density at radius 1 is 1.00 bits per heavy atom. The van der Waals surface area contributed by atoms with Crippen molar-refractivity contribution in [3.05, 3.63) is 60.9 Å². The van der Waals surface area contributed by atoms with Gasteiger partial charge in [-0.2, -0.15) is 0 Å². The van der Waals surface area contributed by atoms with E-state index in [4.69, 9.17) is 14.7 Å². The number of fused-ring (bicyclic) bond motifs is 1. The zero-order chi connectivity index (χ0) is 21.8. The number of thiophene rings is 1. The third-order valence-corrected chi connectivity index (χ3v) is 7.52. The molecule has 4 aromatic heterocycles. The van der Waals surface area contributed by atoms with E-state index in [1.54, 1.807) is 30.8 Å². The number of aromatic nitrogens is 5. The van der Waals surface area contributed by atoms with Crippen molar-refractivity contribution in [1.29, 1.82) is 0 Å². The Morgan fingerprint density at radius 3 is 2.69 bits per heavy atom. The highest BCUT2D eigenvalue weighted by Crippen LogP contribution is 2.40. The molecule has 0 atom stereocenters. The van der Waals surface area contributed by atoms with E-state index in [2.05, 4.69) is 38.7 Å². The van der Waals surface area contributed by atoms with Gasteiger partial charge in [-0.1, -0.05) is 41.7 Å². The fourth-order valence-electron chi connectivity index (χ4n) is 3.01. The van der Waals surface area contributed by atoms with Crippen LogP contribution in [0.1, 0.15) is 0 Å². The molecule has 10 heteroatoms.